The number of benzene rings is 1. The summed E-state index contributed by atoms with van der Waals surface area (Å²) in [6.07, 6.45) is 0. The van der Waals surface area contributed by atoms with Gasteiger partial charge in [-0.15, -0.1) is 0 Å². The van der Waals surface area contributed by atoms with Crippen molar-refractivity contribution < 1.29 is 4.79 Å². The van der Waals surface area contributed by atoms with Gasteiger partial charge in [-0.25, -0.2) is 0 Å². The van der Waals surface area contributed by atoms with Crippen LogP contribution in [0.4, 0.5) is 5.69 Å². The summed E-state index contributed by atoms with van der Waals surface area (Å²) in [6.45, 7) is 1.30. The lowest BCUT2D eigenvalue weighted by atomic mass is 10.3. The minimum atomic E-state index is -0.359. The van der Waals surface area contributed by atoms with Gasteiger partial charge in [0.1, 0.15) is 6.07 Å². The molecule has 0 saturated carbocycles. The molecule has 5 heteroatoms. The molecule has 0 heterocycles. The average Bonchev–Trinajstić information content (AvgIpc) is 2.21. The Bertz CT molecular complexity index is 431. The third-order valence-electron chi connectivity index (χ3n) is 1.58. The Kier molecular flexibility index (Phi) is 4.01. The van der Waals surface area contributed by atoms with Crippen LogP contribution in [0.1, 0.15) is 6.92 Å². The van der Waals surface area contributed by atoms with E-state index < -0.39 is 0 Å². The molecule has 76 valence electrons. The van der Waals surface area contributed by atoms with E-state index in [2.05, 4.69) is 26.5 Å². The largest absolute Gasteiger partial charge is 0.292 e. The third-order valence-corrected chi connectivity index (χ3v) is 2.11. The third kappa shape index (κ3) is 3.52. The van der Waals surface area contributed by atoms with Crippen LogP contribution in [0.5, 0.6) is 0 Å². The molecular weight excluding hydrogens is 258 g/mol. The number of rotatable bonds is 3. The number of nitrogens with zero attached hydrogens (tertiary/aromatic N) is 2. The molecule has 0 spiro atoms. The van der Waals surface area contributed by atoms with Crippen LogP contribution in [0.15, 0.2) is 33.8 Å². The van der Waals surface area contributed by atoms with Crippen LogP contribution in [-0.4, -0.2) is 11.5 Å². The van der Waals surface area contributed by atoms with Gasteiger partial charge in [-0.1, -0.05) is 15.9 Å². The summed E-state index contributed by atoms with van der Waals surface area (Å²) in [6, 6.07) is 8.93. The Hall–Kier alpha value is -1.67. The second-order valence-electron chi connectivity index (χ2n) is 2.75. The fraction of sp³-hybridized carbons (Fsp3) is 0.100. The van der Waals surface area contributed by atoms with E-state index in [0.717, 1.165) is 4.47 Å². The molecule has 0 atom stereocenters. The summed E-state index contributed by atoms with van der Waals surface area (Å²) in [4.78, 5) is 10.8. The first-order chi connectivity index (χ1) is 7.13. The summed E-state index contributed by atoms with van der Waals surface area (Å²) in [5, 5.41) is 12.3. The lowest BCUT2D eigenvalue weighted by Crippen LogP contribution is -2.09. The summed E-state index contributed by atoms with van der Waals surface area (Å²) in [7, 11) is 0. The first-order valence-corrected chi connectivity index (χ1v) is 4.93. The Morgan fingerprint density at radius 1 is 1.47 bits per heavy atom. The van der Waals surface area contributed by atoms with Crippen molar-refractivity contribution in [2.75, 3.05) is 5.43 Å². The van der Waals surface area contributed by atoms with E-state index in [1.807, 2.05) is 12.1 Å². The summed E-state index contributed by atoms with van der Waals surface area (Å²) in [5.74, 6) is -0.359. The van der Waals surface area contributed by atoms with E-state index in [9.17, 15) is 4.79 Å². The van der Waals surface area contributed by atoms with Crippen molar-refractivity contribution in [1.82, 2.24) is 0 Å². The van der Waals surface area contributed by atoms with Gasteiger partial charge in [0, 0.05) is 11.4 Å². The van der Waals surface area contributed by atoms with Gasteiger partial charge in [-0.2, -0.15) is 10.4 Å². The van der Waals surface area contributed by atoms with Gasteiger partial charge in [-0.05, 0) is 24.3 Å². The Labute approximate surface area is 95.7 Å². The summed E-state index contributed by atoms with van der Waals surface area (Å²) >= 11 is 3.29. The maximum Gasteiger partial charge on any atom is 0.203 e. The highest BCUT2D eigenvalue weighted by Crippen LogP contribution is 2.13. The number of carbonyl (C=O) groups is 1. The molecule has 0 amide bonds. The maximum absolute atomic E-state index is 10.8. The predicted octanol–water partition coefficient (Wildman–Crippen LogP) is 2.33. The zero-order valence-corrected chi connectivity index (χ0v) is 9.58. The number of hydrazone groups is 1. The second-order valence-corrected chi connectivity index (χ2v) is 3.66. The number of nitriles is 1. The van der Waals surface area contributed by atoms with E-state index in [4.69, 9.17) is 5.26 Å². The van der Waals surface area contributed by atoms with Crippen LogP contribution in [-0.2, 0) is 4.79 Å². The fourth-order valence-electron chi connectivity index (χ4n) is 0.827. The quantitative estimate of drug-likeness (QED) is 0.674. The van der Waals surface area contributed by atoms with E-state index >= 15 is 0 Å². The molecule has 0 aromatic heterocycles. The van der Waals surface area contributed by atoms with E-state index in [1.165, 1.54) is 6.92 Å². The smallest absolute Gasteiger partial charge is 0.203 e. The minimum Gasteiger partial charge on any atom is -0.292 e. The van der Waals surface area contributed by atoms with Crippen LogP contribution in [0.3, 0.4) is 0 Å². The van der Waals surface area contributed by atoms with Crippen LogP contribution in [0.2, 0.25) is 0 Å². The minimum absolute atomic E-state index is 0.141. The number of nitrogens with one attached hydrogen (secondary N) is 1. The Balaban J connectivity index is 2.76. The van der Waals surface area contributed by atoms with Gasteiger partial charge in [0.15, 0.2) is 5.78 Å². The van der Waals surface area contributed by atoms with Gasteiger partial charge < -0.3 is 0 Å². The standard InChI is InChI=1S/C10H8BrN3O/c1-7(15)10(6-12)14-13-9-4-2-8(11)3-5-9/h2-5,13H,1H3/b14-10+. The number of hydrogen-bond donors (Lipinski definition) is 1. The molecule has 0 aliphatic heterocycles. The Morgan fingerprint density at radius 2 is 2.07 bits per heavy atom. The van der Waals surface area contributed by atoms with E-state index in [0.29, 0.717) is 5.69 Å². The molecule has 15 heavy (non-hydrogen) atoms. The summed E-state index contributed by atoms with van der Waals surface area (Å²) in [5.41, 5.74) is 3.20. The SMILES string of the molecule is CC(=O)/C(C#N)=N/Nc1ccc(Br)cc1. The highest BCUT2D eigenvalue weighted by atomic mass is 79.9. The van der Waals surface area contributed by atoms with Crippen LogP contribution < -0.4 is 5.43 Å². The lowest BCUT2D eigenvalue weighted by Gasteiger charge is -1.99. The number of Topliss-reactive ketones (excluding diaryl/α,β-unsaturated/α-hetero) is 1. The van der Waals surface area contributed by atoms with Crippen molar-refractivity contribution >= 4 is 33.1 Å². The average molecular weight is 266 g/mol. The predicted molar refractivity (Wildman–Crippen MR) is 61.5 cm³/mol. The molecule has 0 unspecified atom stereocenters. The molecule has 0 aliphatic rings. The number of ketones is 1. The van der Waals surface area contributed by atoms with Crippen molar-refractivity contribution in [2.24, 2.45) is 5.10 Å². The van der Waals surface area contributed by atoms with Gasteiger partial charge in [0.05, 0.1) is 5.69 Å². The van der Waals surface area contributed by atoms with Crippen LogP contribution in [0, 0.1) is 11.3 Å². The van der Waals surface area contributed by atoms with Gasteiger partial charge in [0.25, 0.3) is 0 Å². The van der Waals surface area contributed by atoms with Crippen molar-refractivity contribution in [2.45, 2.75) is 6.92 Å². The fourth-order valence-corrected chi connectivity index (χ4v) is 1.09. The van der Waals surface area contributed by atoms with Crippen molar-refractivity contribution in [3.8, 4) is 6.07 Å². The zero-order valence-electron chi connectivity index (χ0n) is 7.99. The molecule has 0 radical (unpaired) electrons. The van der Waals surface area contributed by atoms with Crippen LogP contribution >= 0.6 is 15.9 Å². The van der Waals surface area contributed by atoms with E-state index in [1.54, 1.807) is 18.2 Å². The Morgan fingerprint density at radius 3 is 2.53 bits per heavy atom. The first kappa shape index (κ1) is 11.4. The molecule has 1 aromatic carbocycles. The molecule has 0 bridgehead atoms. The molecular formula is C10H8BrN3O. The molecule has 1 aromatic rings. The topological polar surface area (TPSA) is 65.2 Å². The van der Waals surface area contributed by atoms with E-state index in [-0.39, 0.29) is 11.5 Å². The van der Waals surface area contributed by atoms with Gasteiger partial charge in [-0.3, -0.25) is 10.2 Å². The monoisotopic (exact) mass is 265 g/mol. The molecule has 0 aliphatic carbocycles. The van der Waals surface area contributed by atoms with Crippen molar-refractivity contribution in [3.63, 3.8) is 0 Å². The maximum atomic E-state index is 10.8. The van der Waals surface area contributed by atoms with Crippen molar-refractivity contribution in [1.29, 1.82) is 5.26 Å². The van der Waals surface area contributed by atoms with Gasteiger partial charge >= 0.3 is 0 Å². The van der Waals surface area contributed by atoms with Crippen LogP contribution in [0.25, 0.3) is 0 Å². The van der Waals surface area contributed by atoms with Crippen molar-refractivity contribution in [3.05, 3.63) is 28.7 Å². The normalized spacial score (nSPS) is 10.6. The number of anilines is 1. The molecule has 1 N–H and O–H groups in total. The first-order valence-electron chi connectivity index (χ1n) is 4.14. The lowest BCUT2D eigenvalue weighted by molar-refractivity contribution is -0.110. The molecule has 4 nitrogen and oxygen atoms in total. The highest BCUT2D eigenvalue weighted by molar-refractivity contribution is 9.10. The molecule has 0 saturated heterocycles. The zero-order chi connectivity index (χ0) is 11.3. The molecule has 0 fully saturated rings. The second kappa shape index (κ2) is 5.27. The molecule has 1 rings (SSSR count). The number of carbonyl (C=O) groups excluding carboxylic acids is 1. The summed E-state index contributed by atoms with van der Waals surface area (Å²) < 4.78 is 0.948. The number of hydrogen-bond acceptors (Lipinski definition) is 4. The highest BCUT2D eigenvalue weighted by Gasteiger charge is 2.03. The number of halogens is 1. The van der Waals surface area contributed by atoms with Gasteiger partial charge in [0.2, 0.25) is 5.71 Å².